The Hall–Kier alpha value is -1.19. The van der Waals surface area contributed by atoms with Gasteiger partial charge in [0.1, 0.15) is 6.29 Å². The molecule has 0 spiro atoms. The molecule has 0 N–H and O–H groups in total. The summed E-state index contributed by atoms with van der Waals surface area (Å²) in [5.41, 5.74) is 2.39. The van der Waals surface area contributed by atoms with E-state index in [4.69, 9.17) is 4.74 Å². The normalized spacial score (nSPS) is 25.0. The second-order valence-electron chi connectivity index (χ2n) is 5.05. The zero-order valence-electron chi connectivity index (χ0n) is 11.1. The summed E-state index contributed by atoms with van der Waals surface area (Å²) < 4.78 is 5.62. The van der Waals surface area contributed by atoms with Gasteiger partial charge >= 0.3 is 0 Å². The molecule has 0 radical (unpaired) electrons. The topological polar surface area (TPSA) is 29.5 Å². The monoisotopic (exact) mass is 247 g/mol. The first-order valence-electron chi connectivity index (χ1n) is 6.48. The fraction of sp³-hybridized carbons (Fsp3) is 0.533. The smallest absolute Gasteiger partial charge is 0.124 e. The number of rotatable bonds is 4. The van der Waals surface area contributed by atoms with Gasteiger partial charge in [-0.3, -0.25) is 0 Å². The van der Waals surface area contributed by atoms with Gasteiger partial charge < -0.3 is 14.4 Å². The van der Waals surface area contributed by atoms with Crippen molar-refractivity contribution in [2.75, 3.05) is 27.2 Å². The maximum atomic E-state index is 10.6. The molecule has 1 unspecified atom stereocenters. The molecule has 2 rings (SSSR count). The van der Waals surface area contributed by atoms with Gasteiger partial charge in [-0.1, -0.05) is 24.3 Å². The van der Waals surface area contributed by atoms with E-state index in [1.807, 2.05) is 12.1 Å². The summed E-state index contributed by atoms with van der Waals surface area (Å²) >= 11 is 0. The minimum atomic E-state index is 0.246. The van der Waals surface area contributed by atoms with Crippen LogP contribution in [0, 0.1) is 0 Å². The number of methoxy groups -OCH3 is 1. The van der Waals surface area contributed by atoms with Crippen molar-refractivity contribution in [3.63, 3.8) is 0 Å². The number of piperidine rings is 1. The molecule has 0 bridgehead atoms. The van der Waals surface area contributed by atoms with Crippen molar-refractivity contribution in [1.29, 1.82) is 0 Å². The first kappa shape index (κ1) is 13.2. The lowest BCUT2D eigenvalue weighted by molar-refractivity contribution is -0.107. The summed E-state index contributed by atoms with van der Waals surface area (Å²) in [6, 6.07) is 8.35. The fourth-order valence-electron chi connectivity index (χ4n) is 2.74. The summed E-state index contributed by atoms with van der Waals surface area (Å²) in [5.74, 6) is 0.442. The number of hydrogen-bond donors (Lipinski definition) is 0. The van der Waals surface area contributed by atoms with Gasteiger partial charge in [-0.05, 0) is 31.1 Å². The predicted octanol–water partition coefficient (Wildman–Crippen LogP) is 1.86. The summed E-state index contributed by atoms with van der Waals surface area (Å²) in [6.07, 6.45) is 2.81. The molecule has 1 saturated heterocycles. The quantitative estimate of drug-likeness (QED) is 0.761. The molecule has 0 aromatic heterocycles. The van der Waals surface area contributed by atoms with E-state index in [2.05, 4.69) is 24.1 Å². The van der Waals surface area contributed by atoms with Crippen molar-refractivity contribution in [2.24, 2.45) is 0 Å². The molecule has 1 aromatic rings. The highest BCUT2D eigenvalue weighted by molar-refractivity contribution is 5.55. The maximum Gasteiger partial charge on any atom is 0.124 e. The number of benzene rings is 1. The zero-order valence-corrected chi connectivity index (χ0v) is 11.1. The van der Waals surface area contributed by atoms with Crippen LogP contribution < -0.4 is 0 Å². The number of aldehydes is 1. The third-order valence-electron chi connectivity index (χ3n) is 3.76. The van der Waals surface area contributed by atoms with Crippen LogP contribution in [0.2, 0.25) is 0 Å². The van der Waals surface area contributed by atoms with Crippen molar-refractivity contribution >= 4 is 6.29 Å². The van der Waals surface area contributed by atoms with Crippen LogP contribution in [-0.2, 0) is 16.0 Å². The SMILES string of the molecule is COC1CN(C)CC[C@@H]1c1cccc(CC=O)c1. The molecular weight excluding hydrogens is 226 g/mol. The number of ether oxygens (including phenoxy) is 1. The van der Waals surface area contributed by atoms with Crippen molar-refractivity contribution in [3.8, 4) is 0 Å². The van der Waals surface area contributed by atoms with Crippen LogP contribution in [0.3, 0.4) is 0 Å². The molecule has 3 heteroatoms. The Labute approximate surface area is 109 Å². The Balaban J connectivity index is 2.18. The predicted molar refractivity (Wildman–Crippen MR) is 71.9 cm³/mol. The highest BCUT2D eigenvalue weighted by atomic mass is 16.5. The second-order valence-corrected chi connectivity index (χ2v) is 5.05. The number of carbonyl (C=O) groups excluding carboxylic acids is 1. The molecule has 1 aromatic carbocycles. The van der Waals surface area contributed by atoms with Crippen molar-refractivity contribution in [2.45, 2.75) is 24.9 Å². The number of likely N-dealkylation sites (N-methyl/N-ethyl adjacent to an activating group) is 1. The van der Waals surface area contributed by atoms with E-state index in [1.165, 1.54) is 5.56 Å². The molecular formula is C15H21NO2. The van der Waals surface area contributed by atoms with E-state index in [0.717, 1.165) is 31.4 Å². The lowest BCUT2D eigenvalue weighted by atomic mass is 9.86. The van der Waals surface area contributed by atoms with Crippen LogP contribution in [-0.4, -0.2) is 44.5 Å². The Morgan fingerprint density at radius 3 is 3.06 bits per heavy atom. The lowest BCUT2D eigenvalue weighted by Crippen LogP contribution is -2.41. The molecule has 1 heterocycles. The Kier molecular flexibility index (Phi) is 4.50. The fourth-order valence-corrected chi connectivity index (χ4v) is 2.74. The average molecular weight is 247 g/mol. The molecule has 0 aliphatic carbocycles. The molecule has 2 atom stereocenters. The third kappa shape index (κ3) is 2.98. The highest BCUT2D eigenvalue weighted by Gasteiger charge is 2.28. The molecule has 18 heavy (non-hydrogen) atoms. The van der Waals surface area contributed by atoms with E-state index in [1.54, 1.807) is 7.11 Å². The van der Waals surface area contributed by atoms with Gasteiger partial charge in [0.25, 0.3) is 0 Å². The number of likely N-dealkylation sites (tertiary alicyclic amines) is 1. The lowest BCUT2D eigenvalue weighted by Gasteiger charge is -2.36. The molecule has 1 aliphatic heterocycles. The van der Waals surface area contributed by atoms with Crippen LogP contribution >= 0.6 is 0 Å². The van der Waals surface area contributed by atoms with Crippen LogP contribution in [0.25, 0.3) is 0 Å². The largest absolute Gasteiger partial charge is 0.379 e. The minimum Gasteiger partial charge on any atom is -0.379 e. The van der Waals surface area contributed by atoms with Crippen LogP contribution in [0.15, 0.2) is 24.3 Å². The average Bonchev–Trinajstić information content (AvgIpc) is 2.39. The molecule has 1 fully saturated rings. The summed E-state index contributed by atoms with van der Waals surface area (Å²) in [6.45, 7) is 2.07. The first-order chi connectivity index (χ1) is 8.74. The van der Waals surface area contributed by atoms with E-state index >= 15 is 0 Å². The summed E-state index contributed by atoms with van der Waals surface area (Å²) in [5, 5.41) is 0. The van der Waals surface area contributed by atoms with Gasteiger partial charge in [0.2, 0.25) is 0 Å². The molecule has 1 aliphatic rings. The van der Waals surface area contributed by atoms with Gasteiger partial charge in [0, 0.05) is 26.0 Å². The molecule has 98 valence electrons. The number of carbonyl (C=O) groups is 1. The van der Waals surface area contributed by atoms with E-state index in [9.17, 15) is 4.79 Å². The highest BCUT2D eigenvalue weighted by Crippen LogP contribution is 2.30. The Morgan fingerprint density at radius 2 is 2.33 bits per heavy atom. The molecule has 0 saturated carbocycles. The van der Waals surface area contributed by atoms with Crippen molar-refractivity contribution in [1.82, 2.24) is 4.90 Å². The van der Waals surface area contributed by atoms with Crippen LogP contribution in [0.1, 0.15) is 23.5 Å². The van der Waals surface area contributed by atoms with E-state index in [0.29, 0.717) is 12.3 Å². The third-order valence-corrected chi connectivity index (χ3v) is 3.76. The van der Waals surface area contributed by atoms with Gasteiger partial charge in [-0.2, -0.15) is 0 Å². The number of hydrogen-bond acceptors (Lipinski definition) is 3. The maximum absolute atomic E-state index is 10.6. The van der Waals surface area contributed by atoms with Gasteiger partial charge in [0.15, 0.2) is 0 Å². The minimum absolute atomic E-state index is 0.246. The van der Waals surface area contributed by atoms with Crippen molar-refractivity contribution < 1.29 is 9.53 Å². The standard InChI is InChI=1S/C15H21NO2/c1-16-8-6-14(15(11-16)18-2)13-5-3-4-12(10-13)7-9-17/h3-5,9-10,14-15H,6-8,11H2,1-2H3/t14-,15?/m1/s1. The van der Waals surface area contributed by atoms with Crippen LogP contribution in [0.4, 0.5) is 0 Å². The van der Waals surface area contributed by atoms with E-state index in [-0.39, 0.29) is 6.10 Å². The zero-order chi connectivity index (χ0) is 13.0. The molecule has 3 nitrogen and oxygen atoms in total. The Morgan fingerprint density at radius 1 is 1.50 bits per heavy atom. The van der Waals surface area contributed by atoms with Crippen molar-refractivity contribution in [3.05, 3.63) is 35.4 Å². The van der Waals surface area contributed by atoms with E-state index < -0.39 is 0 Å². The van der Waals surface area contributed by atoms with Gasteiger partial charge in [-0.15, -0.1) is 0 Å². The Bertz CT molecular complexity index is 405. The van der Waals surface area contributed by atoms with Gasteiger partial charge in [0.05, 0.1) is 6.10 Å². The first-order valence-corrected chi connectivity index (χ1v) is 6.48. The molecule has 0 amide bonds. The number of nitrogens with zero attached hydrogens (tertiary/aromatic N) is 1. The summed E-state index contributed by atoms with van der Waals surface area (Å²) in [7, 11) is 3.91. The van der Waals surface area contributed by atoms with Crippen LogP contribution in [0.5, 0.6) is 0 Å². The summed E-state index contributed by atoms with van der Waals surface area (Å²) in [4.78, 5) is 12.9. The second kappa shape index (κ2) is 6.12. The van der Waals surface area contributed by atoms with Gasteiger partial charge in [-0.25, -0.2) is 0 Å².